The van der Waals surface area contributed by atoms with Crippen LogP contribution < -0.4 is 0 Å². The van der Waals surface area contributed by atoms with Crippen LogP contribution in [0.25, 0.3) is 0 Å². The van der Waals surface area contributed by atoms with E-state index < -0.39 is 0 Å². The third-order valence-corrected chi connectivity index (χ3v) is 2.29. The number of rotatable bonds is 2. The second kappa shape index (κ2) is 6.32. The minimum atomic E-state index is 0. The fourth-order valence-electron chi connectivity index (χ4n) is 1.82. The predicted molar refractivity (Wildman–Crippen MR) is 47.5 cm³/mol. The molecule has 0 aliphatic heterocycles. The Morgan fingerprint density at radius 1 is 1.50 bits per heavy atom. The van der Waals surface area contributed by atoms with Crippen molar-refractivity contribution in [3.8, 4) is 0 Å². The van der Waals surface area contributed by atoms with Crippen molar-refractivity contribution in [2.45, 2.75) is 38.4 Å². The number of carbonyl (C=O) groups excluding carboxylic acids is 1. The van der Waals surface area contributed by atoms with Gasteiger partial charge in [0.05, 0.1) is 5.68 Å². The van der Waals surface area contributed by atoms with Gasteiger partial charge in [0.25, 0.3) is 0 Å². The van der Waals surface area contributed by atoms with Crippen LogP contribution in [0.1, 0.15) is 32.6 Å². The molecule has 1 aliphatic rings. The van der Waals surface area contributed by atoms with Gasteiger partial charge in [-0.1, -0.05) is 31.5 Å². The van der Waals surface area contributed by atoms with Crippen LogP contribution in [0.5, 0.6) is 0 Å². The Morgan fingerprint density at radius 3 is 2.67 bits per heavy atom. The van der Waals surface area contributed by atoms with Crippen molar-refractivity contribution in [1.29, 1.82) is 0 Å². The van der Waals surface area contributed by atoms with Gasteiger partial charge < -0.3 is 11.7 Å². The fourth-order valence-corrected chi connectivity index (χ4v) is 1.82. The summed E-state index contributed by atoms with van der Waals surface area (Å²) in [6, 6.07) is 0. The summed E-state index contributed by atoms with van der Waals surface area (Å²) in [4.78, 5) is 10.7. The zero-order chi connectivity index (χ0) is 8.27. The molecule has 0 aromatic carbocycles. The average molecular weight is 239 g/mol. The summed E-state index contributed by atoms with van der Waals surface area (Å²) in [5.41, 5.74) is 0.212. The Balaban J connectivity index is 0.00000121. The van der Waals surface area contributed by atoms with Gasteiger partial charge >= 0.3 is 0 Å². The Kier molecular flexibility index (Phi) is 6.76. The number of carbonyl (C=O) groups is 1. The van der Waals surface area contributed by atoms with Crippen molar-refractivity contribution in [3.63, 3.8) is 0 Å². The van der Waals surface area contributed by atoms with E-state index in [9.17, 15) is 4.79 Å². The van der Waals surface area contributed by atoms with E-state index in [0.29, 0.717) is 11.7 Å². The molecule has 0 aromatic heterocycles. The van der Waals surface area contributed by atoms with Gasteiger partial charge in [0.15, 0.2) is 0 Å². The van der Waals surface area contributed by atoms with Gasteiger partial charge in [-0.3, -0.25) is 0 Å². The Bertz CT molecular complexity index is 149. The Labute approximate surface area is 101 Å². The van der Waals surface area contributed by atoms with Crippen molar-refractivity contribution >= 4 is 13.0 Å². The van der Waals surface area contributed by atoms with E-state index in [1.54, 1.807) is 6.92 Å². The van der Waals surface area contributed by atoms with Gasteiger partial charge in [0, 0.05) is 32.7 Å². The molecule has 2 radical (unpaired) electrons. The van der Waals surface area contributed by atoms with Crippen molar-refractivity contribution in [1.82, 2.24) is 0 Å². The second-order valence-corrected chi connectivity index (χ2v) is 3.57. The van der Waals surface area contributed by atoms with E-state index in [4.69, 9.17) is 0 Å². The largest absolute Gasteiger partial charge is 0.340 e. The van der Waals surface area contributed by atoms with E-state index in [0.717, 1.165) is 6.42 Å². The van der Waals surface area contributed by atoms with Gasteiger partial charge in [-0.15, -0.1) is 0 Å². The third kappa shape index (κ3) is 4.77. The molecule has 1 aliphatic carbocycles. The van der Waals surface area contributed by atoms with Crippen LogP contribution in [-0.4, -0.2) is 13.0 Å². The number of hydrogen-bond acceptors (Lipinski definition) is 1. The summed E-state index contributed by atoms with van der Waals surface area (Å²) in [7, 11) is 1.86. The van der Waals surface area contributed by atoms with Crippen molar-refractivity contribution in [3.05, 3.63) is 6.92 Å². The summed E-state index contributed by atoms with van der Waals surface area (Å²) in [6.45, 7) is 5.66. The van der Waals surface area contributed by atoms with Gasteiger partial charge in [0.2, 0.25) is 7.28 Å². The summed E-state index contributed by atoms with van der Waals surface area (Å²) in [5, 5.41) is 0. The van der Waals surface area contributed by atoms with Crippen molar-refractivity contribution < 1.29 is 37.5 Å². The van der Waals surface area contributed by atoms with Crippen LogP contribution in [0.2, 0.25) is 5.82 Å². The van der Waals surface area contributed by atoms with Crippen LogP contribution in [0.15, 0.2) is 0 Å². The smallest absolute Gasteiger partial charge is 0.205 e. The molecular weight excluding hydrogens is 224 g/mol. The fraction of sp³-hybridized carbons (Fsp3) is 0.778. The summed E-state index contributed by atoms with van der Waals surface area (Å²) < 4.78 is 0. The normalized spacial score (nSPS) is 28.8. The molecule has 1 nitrogen and oxygen atoms in total. The second-order valence-electron chi connectivity index (χ2n) is 3.57. The zero-order valence-electron chi connectivity index (χ0n) is 7.75. The van der Waals surface area contributed by atoms with Gasteiger partial charge in [-0.25, -0.2) is 0 Å². The van der Waals surface area contributed by atoms with Crippen LogP contribution in [0.3, 0.4) is 0 Å². The molecule has 0 amide bonds. The molecule has 0 bridgehead atoms. The van der Waals surface area contributed by atoms with Crippen LogP contribution in [-0.2, 0) is 37.5 Å². The maximum atomic E-state index is 10.7. The predicted octanol–water partition coefficient (Wildman–Crippen LogP) is 2.05. The molecule has 2 unspecified atom stereocenters. The maximum absolute atomic E-state index is 10.7. The molecule has 3 heteroatoms. The first-order valence-corrected chi connectivity index (χ1v) is 4.37. The zero-order valence-corrected chi connectivity index (χ0v) is 10.6. The van der Waals surface area contributed by atoms with E-state index >= 15 is 0 Å². The molecular formula is C9H15BOY-. The van der Waals surface area contributed by atoms with E-state index in [2.05, 4.69) is 6.92 Å². The molecule has 64 valence electrons. The summed E-state index contributed by atoms with van der Waals surface area (Å²) in [5.74, 6) is 1.09. The van der Waals surface area contributed by atoms with Crippen molar-refractivity contribution in [2.24, 2.45) is 5.92 Å². The van der Waals surface area contributed by atoms with E-state index in [-0.39, 0.29) is 38.4 Å². The molecule has 0 saturated heterocycles. The molecule has 0 aromatic rings. The SMILES string of the molecule is [CH2-]C1CCCC([B]C(C)=O)C1.[Y]. The maximum Gasteiger partial charge on any atom is 0.205 e. The van der Waals surface area contributed by atoms with Crippen LogP contribution in [0.4, 0.5) is 0 Å². The quantitative estimate of drug-likeness (QED) is 0.532. The molecule has 0 spiro atoms. The topological polar surface area (TPSA) is 17.1 Å². The molecule has 1 saturated carbocycles. The first-order chi connectivity index (χ1) is 5.18. The van der Waals surface area contributed by atoms with Gasteiger partial charge in [-0.05, 0) is 6.92 Å². The first-order valence-electron chi connectivity index (χ1n) is 4.37. The molecule has 12 heavy (non-hydrogen) atoms. The van der Waals surface area contributed by atoms with Crippen LogP contribution in [0, 0.1) is 12.8 Å². The van der Waals surface area contributed by atoms with Crippen molar-refractivity contribution in [2.75, 3.05) is 0 Å². The Morgan fingerprint density at radius 2 is 2.17 bits per heavy atom. The van der Waals surface area contributed by atoms with Crippen LogP contribution >= 0.6 is 0 Å². The van der Waals surface area contributed by atoms with E-state index in [1.165, 1.54) is 19.3 Å². The molecule has 1 rings (SSSR count). The molecule has 1 fully saturated rings. The van der Waals surface area contributed by atoms with E-state index in [1.807, 2.05) is 7.28 Å². The molecule has 2 atom stereocenters. The minimum absolute atomic E-state index is 0. The van der Waals surface area contributed by atoms with Gasteiger partial charge in [-0.2, -0.15) is 5.92 Å². The average Bonchev–Trinajstić information content (AvgIpc) is 1.85. The third-order valence-electron chi connectivity index (χ3n) is 2.29. The molecule has 0 N–H and O–H groups in total. The Hall–Kier alpha value is 0.839. The monoisotopic (exact) mass is 239 g/mol. The van der Waals surface area contributed by atoms with Gasteiger partial charge in [0.1, 0.15) is 0 Å². The standard InChI is InChI=1S/C9H15BO.Y/c1-7-4-3-5-9(6-7)10-8(2)11;/h7,9H,1,3-6H2,2H3;/q-1;. The molecule has 0 heterocycles. The summed E-state index contributed by atoms with van der Waals surface area (Å²) in [6.07, 6.45) is 4.77. The summed E-state index contributed by atoms with van der Waals surface area (Å²) >= 11 is 0. The number of hydrogen-bond donors (Lipinski definition) is 0. The first kappa shape index (κ1) is 12.8. The minimum Gasteiger partial charge on any atom is -0.340 e.